The van der Waals surface area contributed by atoms with Crippen molar-refractivity contribution in [2.45, 2.75) is 143 Å². The second-order valence-corrected chi connectivity index (χ2v) is 25.8. The van der Waals surface area contributed by atoms with Gasteiger partial charge in [-0.1, -0.05) is 155 Å². The molecule has 1 saturated carbocycles. The molecule has 5 heteroatoms. The normalized spacial score (nSPS) is 19.7. The van der Waals surface area contributed by atoms with Crippen molar-refractivity contribution in [2.24, 2.45) is 0 Å². The highest BCUT2D eigenvalue weighted by Crippen LogP contribution is 2.63. The highest BCUT2D eigenvalue weighted by Gasteiger charge is 2.59. The van der Waals surface area contributed by atoms with Crippen LogP contribution in [0.2, 0.25) is 0 Å². The van der Waals surface area contributed by atoms with Crippen molar-refractivity contribution in [3.05, 3.63) is 161 Å². The zero-order chi connectivity index (χ0) is 48.3. The van der Waals surface area contributed by atoms with Crippen LogP contribution in [0.1, 0.15) is 135 Å². The quantitative estimate of drug-likeness (QED) is 0.164. The predicted molar refractivity (Wildman–Crippen MR) is 302 cm³/mol. The van der Waals surface area contributed by atoms with Gasteiger partial charge >= 0.3 is 0 Å². The van der Waals surface area contributed by atoms with E-state index in [0.29, 0.717) is 0 Å². The van der Waals surface area contributed by atoms with Crippen LogP contribution in [-0.4, -0.2) is 12.3 Å². The first-order chi connectivity index (χ1) is 32.7. The molecule has 12 rings (SSSR count). The summed E-state index contributed by atoms with van der Waals surface area (Å²) in [5.74, 6) is 0. The molecular formula is C64H68BN3S. The molecule has 348 valence electrons. The smallest absolute Gasteiger partial charge is 0.252 e. The van der Waals surface area contributed by atoms with E-state index < -0.39 is 0 Å². The Kier molecular flexibility index (Phi) is 9.58. The maximum absolute atomic E-state index is 2.84. The third-order valence-electron chi connectivity index (χ3n) is 17.2. The minimum atomic E-state index is -0.121. The maximum atomic E-state index is 2.84. The van der Waals surface area contributed by atoms with Crippen molar-refractivity contribution < 1.29 is 0 Å². The topological polar surface area (TPSA) is 9.72 Å². The second-order valence-electron chi connectivity index (χ2n) is 24.7. The van der Waals surface area contributed by atoms with Crippen LogP contribution in [0, 0.1) is 13.8 Å². The van der Waals surface area contributed by atoms with Gasteiger partial charge in [-0.15, -0.1) is 11.3 Å². The molecule has 1 aromatic heterocycles. The zero-order valence-electron chi connectivity index (χ0n) is 43.3. The lowest BCUT2D eigenvalue weighted by Crippen LogP contribution is -2.62. The summed E-state index contributed by atoms with van der Waals surface area (Å²) in [6, 6.07) is 50.6. The van der Waals surface area contributed by atoms with Crippen LogP contribution in [0.5, 0.6) is 0 Å². The van der Waals surface area contributed by atoms with E-state index in [0.717, 1.165) is 6.42 Å². The number of benzene rings is 7. The molecule has 7 aromatic carbocycles. The van der Waals surface area contributed by atoms with Crippen LogP contribution in [0.25, 0.3) is 20.2 Å². The Balaban J connectivity index is 1.24. The standard InChI is InChI=1S/C64H68BN3S/c1-39-33-40(2)57-53(34-39)68(64(13)32-17-16-31-63(57,64)12)45-37-54-58-55(38-45)67(52-21-18-20-47-46-19-14-15-22-56(46)69-59(47)52)51-30-26-43(62(9,10)11)36-49(51)65(58)48-35-42(61(6,7)8)25-29-50(48)66(54)44-27-23-41(24-28-44)60(3,4)5/h14-15,18-30,33-38H,16-17,31-32H2,1-13H3. The van der Waals surface area contributed by atoms with Gasteiger partial charge in [0.2, 0.25) is 0 Å². The van der Waals surface area contributed by atoms with Crippen molar-refractivity contribution >= 4 is 100 Å². The number of hydrogen-bond donors (Lipinski definition) is 0. The maximum Gasteiger partial charge on any atom is 0.252 e. The SMILES string of the molecule is Cc1cc(C)c2c(c1)N(c1cc3c4c(c1)N(c1cccc5c1sc1ccccc15)c1ccc(C(C)(C)C)cc1B4c1cc(C(C)(C)C)ccc1N3c1ccc(C(C)(C)C)cc1)C1(C)CCCCC21C. The van der Waals surface area contributed by atoms with E-state index in [-0.39, 0.29) is 33.9 Å². The van der Waals surface area contributed by atoms with Gasteiger partial charge in [-0.25, -0.2) is 0 Å². The average molecular weight is 922 g/mol. The van der Waals surface area contributed by atoms with Crippen LogP contribution < -0.4 is 31.1 Å². The fourth-order valence-corrected chi connectivity index (χ4v) is 14.6. The minimum Gasteiger partial charge on any atom is -0.334 e. The number of fused-ring (bicyclic) bond motifs is 10. The molecular weight excluding hydrogens is 854 g/mol. The first-order valence-electron chi connectivity index (χ1n) is 25.7. The molecule has 3 nitrogen and oxygen atoms in total. The molecule has 0 bridgehead atoms. The molecule has 2 unspecified atom stereocenters. The van der Waals surface area contributed by atoms with Crippen LogP contribution in [-0.2, 0) is 21.7 Å². The number of aryl methyl sites for hydroxylation is 2. The second kappa shape index (κ2) is 14.9. The third-order valence-corrected chi connectivity index (χ3v) is 18.4. The largest absolute Gasteiger partial charge is 0.334 e. The lowest BCUT2D eigenvalue weighted by molar-refractivity contribution is 0.194. The fourth-order valence-electron chi connectivity index (χ4n) is 13.4. The first kappa shape index (κ1) is 44.4. The van der Waals surface area contributed by atoms with Gasteiger partial charge in [-0.2, -0.15) is 0 Å². The van der Waals surface area contributed by atoms with Gasteiger partial charge in [-0.05, 0) is 154 Å². The molecule has 0 N–H and O–H groups in total. The molecule has 0 saturated heterocycles. The molecule has 4 aliphatic rings. The van der Waals surface area contributed by atoms with E-state index >= 15 is 0 Å². The van der Waals surface area contributed by atoms with Crippen molar-refractivity contribution in [1.29, 1.82) is 0 Å². The van der Waals surface area contributed by atoms with Gasteiger partial charge in [0.1, 0.15) is 0 Å². The number of nitrogens with zero attached hydrogens (tertiary/aromatic N) is 3. The number of anilines is 8. The predicted octanol–water partition coefficient (Wildman–Crippen LogP) is 16.4. The van der Waals surface area contributed by atoms with E-state index in [1.165, 1.54) is 129 Å². The first-order valence-corrected chi connectivity index (χ1v) is 26.5. The van der Waals surface area contributed by atoms with E-state index in [9.17, 15) is 0 Å². The van der Waals surface area contributed by atoms with Crippen molar-refractivity contribution in [3.63, 3.8) is 0 Å². The van der Waals surface area contributed by atoms with Crippen molar-refractivity contribution in [1.82, 2.24) is 0 Å². The summed E-state index contributed by atoms with van der Waals surface area (Å²) in [7, 11) is 0. The molecule has 1 fully saturated rings. The average Bonchev–Trinajstić information content (AvgIpc) is 3.77. The molecule has 0 spiro atoms. The lowest BCUT2D eigenvalue weighted by atomic mass is 9.33. The Morgan fingerprint density at radius 1 is 0.507 bits per heavy atom. The highest BCUT2D eigenvalue weighted by molar-refractivity contribution is 7.26. The molecule has 0 amide bonds. The Bertz CT molecular complexity index is 3430. The van der Waals surface area contributed by atoms with Gasteiger partial charge in [0, 0.05) is 60.7 Å². The lowest BCUT2D eigenvalue weighted by Gasteiger charge is -2.51. The summed E-state index contributed by atoms with van der Waals surface area (Å²) in [4.78, 5) is 8.17. The van der Waals surface area contributed by atoms with Gasteiger partial charge in [-0.3, -0.25) is 0 Å². The molecule has 4 heterocycles. The fraction of sp³-hybridized carbons (Fsp3) is 0.344. The van der Waals surface area contributed by atoms with E-state index in [1.54, 1.807) is 5.56 Å². The highest BCUT2D eigenvalue weighted by atomic mass is 32.1. The van der Waals surface area contributed by atoms with Crippen LogP contribution in [0.3, 0.4) is 0 Å². The Labute approximate surface area is 416 Å². The summed E-state index contributed by atoms with van der Waals surface area (Å²) in [5.41, 5.74) is 22.5. The number of thiophene rings is 1. The van der Waals surface area contributed by atoms with Gasteiger partial charge in [0.25, 0.3) is 6.71 Å². The minimum absolute atomic E-state index is 0.00474. The van der Waals surface area contributed by atoms with Crippen LogP contribution in [0.4, 0.5) is 45.5 Å². The summed E-state index contributed by atoms with van der Waals surface area (Å²) < 4.78 is 2.65. The van der Waals surface area contributed by atoms with E-state index in [4.69, 9.17) is 0 Å². The van der Waals surface area contributed by atoms with Crippen LogP contribution in [0.15, 0.2) is 127 Å². The van der Waals surface area contributed by atoms with E-state index in [1.807, 2.05) is 11.3 Å². The molecule has 2 atom stereocenters. The van der Waals surface area contributed by atoms with Crippen molar-refractivity contribution in [2.75, 3.05) is 14.7 Å². The van der Waals surface area contributed by atoms with Crippen LogP contribution >= 0.6 is 11.3 Å². The number of hydrogen-bond acceptors (Lipinski definition) is 4. The van der Waals surface area contributed by atoms with E-state index in [2.05, 4.69) is 232 Å². The summed E-state index contributed by atoms with van der Waals surface area (Å²) in [5, 5.41) is 2.64. The van der Waals surface area contributed by atoms with Gasteiger partial charge in [0.15, 0.2) is 0 Å². The Hall–Kier alpha value is -5.78. The molecule has 69 heavy (non-hydrogen) atoms. The third kappa shape index (κ3) is 6.44. The molecule has 8 aromatic rings. The zero-order valence-corrected chi connectivity index (χ0v) is 44.1. The summed E-state index contributed by atoms with van der Waals surface area (Å²) >= 11 is 1.93. The molecule has 1 aliphatic carbocycles. The van der Waals surface area contributed by atoms with Gasteiger partial charge in [0.05, 0.1) is 15.9 Å². The van der Waals surface area contributed by atoms with Gasteiger partial charge < -0.3 is 14.7 Å². The van der Waals surface area contributed by atoms with Crippen molar-refractivity contribution in [3.8, 4) is 0 Å². The summed E-state index contributed by atoms with van der Waals surface area (Å²) in [6.07, 6.45) is 4.82. The number of rotatable bonds is 3. The Morgan fingerprint density at radius 3 is 1.74 bits per heavy atom. The molecule has 3 aliphatic heterocycles. The summed E-state index contributed by atoms with van der Waals surface area (Å²) in [6.45, 7) is 31.0. The molecule has 0 radical (unpaired) electrons. The Morgan fingerprint density at radius 2 is 1.09 bits per heavy atom. The monoisotopic (exact) mass is 922 g/mol.